The monoisotopic (exact) mass is 336 g/mol. The predicted octanol–water partition coefficient (Wildman–Crippen LogP) is 3.14. The molecule has 0 aromatic heterocycles. The molecule has 6 heteroatoms. The molecular weight excluding hydrogens is 320 g/mol. The van der Waals surface area contributed by atoms with Crippen molar-refractivity contribution in [1.82, 2.24) is 5.32 Å². The lowest BCUT2D eigenvalue weighted by Gasteiger charge is -2.22. The van der Waals surface area contributed by atoms with Crippen molar-refractivity contribution in [3.8, 4) is 0 Å². The Morgan fingerprint density at radius 3 is 2.04 bits per heavy atom. The molecule has 2 aromatic carbocycles. The normalized spacial score (nSPS) is 13.3. The van der Waals surface area contributed by atoms with Gasteiger partial charge in [-0.3, -0.25) is 14.9 Å². The summed E-state index contributed by atoms with van der Waals surface area (Å²) in [6.07, 6.45) is -0.787. The summed E-state index contributed by atoms with van der Waals surface area (Å²) in [5.41, 5.74) is 1.06. The average Bonchev–Trinajstić information content (AvgIpc) is 2.63. The van der Waals surface area contributed by atoms with Crippen LogP contribution < -0.4 is 10.6 Å². The van der Waals surface area contributed by atoms with Gasteiger partial charge in [-0.05, 0) is 19.1 Å². The molecule has 0 bridgehead atoms. The highest BCUT2D eigenvalue weighted by Crippen LogP contribution is 2.26. The van der Waals surface area contributed by atoms with Gasteiger partial charge in [0.25, 0.3) is 0 Å². The molecule has 1 amide bonds. The van der Waals surface area contributed by atoms with Crippen LogP contribution in [0.25, 0.3) is 0 Å². The van der Waals surface area contributed by atoms with Gasteiger partial charge < -0.3 is 10.1 Å². The van der Waals surface area contributed by atoms with Crippen LogP contribution in [-0.2, 0) is 4.74 Å². The number of rotatable bonds is 4. The quantitative estimate of drug-likeness (QED) is 0.896. The Labute approximate surface area is 144 Å². The zero-order chi connectivity index (χ0) is 17.8. The number of benzene rings is 2. The third kappa shape index (κ3) is 3.28. The molecule has 0 radical (unpaired) electrons. The molecule has 0 saturated heterocycles. The van der Waals surface area contributed by atoms with Crippen LogP contribution in [0.1, 0.15) is 27.6 Å². The number of hydrogen-bond donors (Lipinski definition) is 2. The van der Waals surface area contributed by atoms with Crippen molar-refractivity contribution < 1.29 is 19.1 Å². The lowest BCUT2D eigenvalue weighted by molar-refractivity contribution is 0.0965. The zero-order valence-corrected chi connectivity index (χ0v) is 13.5. The van der Waals surface area contributed by atoms with E-state index in [4.69, 9.17) is 4.74 Å². The number of Topliss-reactive ketones (excluding diaryl/α,β-unsaturated/α-hetero) is 2. The van der Waals surface area contributed by atoms with Gasteiger partial charge in [-0.15, -0.1) is 0 Å². The molecule has 0 atom stereocenters. The van der Waals surface area contributed by atoms with Crippen molar-refractivity contribution >= 4 is 23.3 Å². The summed E-state index contributed by atoms with van der Waals surface area (Å²) in [5, 5.41) is 5.34. The molecule has 6 nitrogen and oxygen atoms in total. The lowest BCUT2D eigenvalue weighted by atomic mass is 9.90. The summed E-state index contributed by atoms with van der Waals surface area (Å²) in [5.74, 6) is -0.812. The third-order valence-corrected chi connectivity index (χ3v) is 3.67. The molecule has 0 unspecified atom stereocenters. The zero-order valence-electron chi connectivity index (χ0n) is 13.5. The Bertz CT molecular complexity index is 872. The first kappa shape index (κ1) is 16.4. The molecule has 1 aliphatic rings. The van der Waals surface area contributed by atoms with Crippen molar-refractivity contribution in [2.75, 3.05) is 11.9 Å². The Hall–Kier alpha value is -3.41. The van der Waals surface area contributed by atoms with Gasteiger partial charge in [0.1, 0.15) is 11.4 Å². The lowest BCUT2D eigenvalue weighted by Crippen LogP contribution is -2.36. The van der Waals surface area contributed by atoms with Gasteiger partial charge in [-0.2, -0.15) is 0 Å². The number of amides is 1. The highest BCUT2D eigenvalue weighted by molar-refractivity contribution is 6.28. The molecule has 2 aromatic rings. The van der Waals surface area contributed by atoms with E-state index in [9.17, 15) is 14.4 Å². The summed E-state index contributed by atoms with van der Waals surface area (Å²) < 4.78 is 4.84. The van der Waals surface area contributed by atoms with Crippen molar-refractivity contribution in [3.05, 3.63) is 77.1 Å². The first-order chi connectivity index (χ1) is 12.1. The average molecular weight is 336 g/mol. The van der Waals surface area contributed by atoms with Gasteiger partial charge in [-0.1, -0.05) is 42.5 Å². The fourth-order valence-corrected chi connectivity index (χ4v) is 2.55. The van der Waals surface area contributed by atoms with Crippen molar-refractivity contribution in [3.63, 3.8) is 0 Å². The Morgan fingerprint density at radius 1 is 0.880 bits per heavy atom. The Morgan fingerprint density at radius 2 is 1.44 bits per heavy atom. The summed E-state index contributed by atoms with van der Waals surface area (Å²) in [4.78, 5) is 37.4. The molecule has 3 rings (SSSR count). The number of nitrogens with one attached hydrogen (secondary N) is 2. The van der Waals surface area contributed by atoms with Gasteiger partial charge in [0.05, 0.1) is 6.61 Å². The minimum Gasteiger partial charge on any atom is -0.450 e. The van der Waals surface area contributed by atoms with Crippen molar-refractivity contribution in [2.45, 2.75) is 6.92 Å². The topological polar surface area (TPSA) is 84.5 Å². The molecule has 0 spiro atoms. The molecule has 25 heavy (non-hydrogen) atoms. The molecule has 2 N–H and O–H groups in total. The molecule has 126 valence electrons. The number of ketones is 2. The number of ether oxygens (including phenoxy) is 1. The van der Waals surface area contributed by atoms with E-state index in [1.807, 2.05) is 6.07 Å². The minimum atomic E-state index is -0.787. The van der Waals surface area contributed by atoms with Gasteiger partial charge in [-0.25, -0.2) is 4.79 Å². The van der Waals surface area contributed by atoms with Gasteiger partial charge >= 0.3 is 6.09 Å². The molecular formula is C19H16N2O4. The van der Waals surface area contributed by atoms with Crippen LogP contribution in [0, 0.1) is 0 Å². The van der Waals surface area contributed by atoms with E-state index in [0.29, 0.717) is 11.3 Å². The number of carbonyl (C=O) groups is 3. The predicted molar refractivity (Wildman–Crippen MR) is 92.4 cm³/mol. The van der Waals surface area contributed by atoms with Crippen LogP contribution in [0.15, 0.2) is 66.0 Å². The highest BCUT2D eigenvalue weighted by atomic mass is 16.5. The maximum Gasteiger partial charge on any atom is 0.411 e. The molecule has 1 aliphatic carbocycles. The molecule has 0 heterocycles. The largest absolute Gasteiger partial charge is 0.450 e. The Kier molecular flexibility index (Phi) is 4.61. The maximum atomic E-state index is 12.9. The molecule has 0 fully saturated rings. The summed E-state index contributed by atoms with van der Waals surface area (Å²) in [7, 11) is 0. The number of hydrogen-bond acceptors (Lipinski definition) is 5. The van der Waals surface area contributed by atoms with Crippen LogP contribution in [-0.4, -0.2) is 24.3 Å². The first-order valence-corrected chi connectivity index (χ1v) is 7.80. The van der Waals surface area contributed by atoms with E-state index in [-0.39, 0.29) is 29.3 Å². The molecule has 0 saturated carbocycles. The second-order valence-corrected chi connectivity index (χ2v) is 5.29. The third-order valence-electron chi connectivity index (χ3n) is 3.67. The van der Waals surface area contributed by atoms with E-state index >= 15 is 0 Å². The number of allylic oxidation sites excluding steroid dienone is 2. The second-order valence-electron chi connectivity index (χ2n) is 5.29. The highest BCUT2D eigenvalue weighted by Gasteiger charge is 2.33. The van der Waals surface area contributed by atoms with Gasteiger partial charge in [0.15, 0.2) is 0 Å². The summed E-state index contributed by atoms with van der Waals surface area (Å²) in [6.45, 7) is 1.81. The molecule has 0 aliphatic heterocycles. The SMILES string of the molecule is CCOC(=O)NC1=C(Nc2ccccc2)C(=O)c2ccccc2C1=O. The van der Waals surface area contributed by atoms with Crippen molar-refractivity contribution in [1.29, 1.82) is 0 Å². The number of alkyl carbamates (subject to hydrolysis) is 1. The van der Waals surface area contributed by atoms with Crippen LogP contribution >= 0.6 is 0 Å². The minimum absolute atomic E-state index is 0.0166. The van der Waals surface area contributed by atoms with E-state index in [1.54, 1.807) is 55.5 Å². The van der Waals surface area contributed by atoms with Crippen LogP contribution in [0.3, 0.4) is 0 Å². The fourth-order valence-electron chi connectivity index (χ4n) is 2.55. The fraction of sp³-hybridized carbons (Fsp3) is 0.105. The van der Waals surface area contributed by atoms with Crippen LogP contribution in [0.5, 0.6) is 0 Å². The van der Waals surface area contributed by atoms with Crippen LogP contribution in [0.2, 0.25) is 0 Å². The number of carbonyl (C=O) groups excluding carboxylic acids is 3. The maximum absolute atomic E-state index is 12.9. The number of anilines is 1. The second kappa shape index (κ2) is 7.00. The Balaban J connectivity index is 2.06. The smallest absolute Gasteiger partial charge is 0.411 e. The van der Waals surface area contributed by atoms with Gasteiger partial charge in [0, 0.05) is 16.8 Å². The number of fused-ring (bicyclic) bond motifs is 1. The summed E-state index contributed by atoms with van der Waals surface area (Å²) >= 11 is 0. The summed E-state index contributed by atoms with van der Waals surface area (Å²) in [6, 6.07) is 15.4. The van der Waals surface area contributed by atoms with Gasteiger partial charge in [0.2, 0.25) is 11.6 Å². The number of para-hydroxylation sites is 1. The van der Waals surface area contributed by atoms with E-state index in [2.05, 4.69) is 10.6 Å². The van der Waals surface area contributed by atoms with Crippen molar-refractivity contribution in [2.24, 2.45) is 0 Å². The van der Waals surface area contributed by atoms with E-state index in [0.717, 1.165) is 0 Å². The first-order valence-electron chi connectivity index (χ1n) is 7.80. The van der Waals surface area contributed by atoms with Crippen LogP contribution in [0.4, 0.5) is 10.5 Å². The standard InChI is InChI=1S/C19H16N2O4/c1-2-25-19(24)21-16-15(20-12-8-4-3-5-9-12)17(22)13-10-6-7-11-14(13)18(16)23/h3-11,20H,2H2,1H3,(H,21,24). The van der Waals surface area contributed by atoms with E-state index in [1.165, 1.54) is 0 Å². The van der Waals surface area contributed by atoms with E-state index < -0.39 is 11.9 Å².